The highest BCUT2D eigenvalue weighted by atomic mass is 31.2. The van der Waals surface area contributed by atoms with Crippen LogP contribution >= 0.6 is 7.82 Å². The number of carbonyl (C=O) groups excluding carboxylic acids is 2. The molecule has 0 rings (SSSR count). The van der Waals surface area contributed by atoms with Gasteiger partial charge in [-0.1, -0.05) is 164 Å². The molecule has 0 aliphatic carbocycles. The highest BCUT2D eigenvalue weighted by Gasteiger charge is 2.27. The molecule has 0 aromatic rings. The summed E-state index contributed by atoms with van der Waals surface area (Å²) in [5.74, 6) is -1.06. The number of hydrogen-bond donors (Lipinski definition) is 4. The van der Waals surface area contributed by atoms with Crippen molar-refractivity contribution in [2.24, 2.45) is 0 Å². The van der Waals surface area contributed by atoms with Crippen molar-refractivity contribution in [3.8, 4) is 0 Å². The van der Waals surface area contributed by atoms with E-state index < -0.39 is 57.9 Å². The van der Waals surface area contributed by atoms with Crippen molar-refractivity contribution in [3.05, 3.63) is 72.9 Å². The van der Waals surface area contributed by atoms with E-state index in [0.29, 0.717) is 25.7 Å². The number of hydrogen-bond acceptors (Lipinski definition) is 10. The molecular weight excluding hydrogens is 735 g/mol. The Bertz CT molecular complexity index is 1180. The number of carbonyl (C=O) groups is 2. The van der Waals surface area contributed by atoms with Gasteiger partial charge in [-0.25, -0.2) is 4.57 Å². The SMILES string of the molecule is CC/C=C\C/C=C\CC(O)/C=C/C=C\C/C=C\C/C=C\CCC(=O)O[C@H](COC(=O)CCCCCCCCCCCCCCC)COP(=O)(O)OC[C@@H](O)CO. The van der Waals surface area contributed by atoms with Crippen LogP contribution in [0.2, 0.25) is 0 Å². The number of aliphatic hydroxyl groups is 3. The van der Waals surface area contributed by atoms with Crippen LogP contribution in [0.5, 0.6) is 0 Å². The molecule has 0 amide bonds. The lowest BCUT2D eigenvalue weighted by Gasteiger charge is -2.20. The second-order valence-corrected chi connectivity index (χ2v) is 15.3. The summed E-state index contributed by atoms with van der Waals surface area (Å²) in [4.78, 5) is 34.9. The molecule has 0 spiro atoms. The highest BCUT2D eigenvalue weighted by Crippen LogP contribution is 2.43. The van der Waals surface area contributed by atoms with Gasteiger partial charge in [0.1, 0.15) is 12.7 Å². The number of rotatable bonds is 38. The van der Waals surface area contributed by atoms with E-state index >= 15 is 0 Å². The fourth-order valence-corrected chi connectivity index (χ4v) is 6.01. The molecule has 0 radical (unpaired) electrons. The Kier molecular flexibility index (Phi) is 37.4. The number of unbranched alkanes of at least 4 members (excludes halogenated alkanes) is 12. The molecule has 0 saturated heterocycles. The Hall–Kier alpha value is -2.63. The van der Waals surface area contributed by atoms with E-state index in [4.69, 9.17) is 19.1 Å². The van der Waals surface area contributed by atoms with Crippen molar-refractivity contribution in [1.82, 2.24) is 0 Å². The number of aliphatic hydroxyl groups excluding tert-OH is 3. The molecule has 0 fully saturated rings. The van der Waals surface area contributed by atoms with E-state index in [2.05, 4.69) is 30.5 Å². The van der Waals surface area contributed by atoms with Crippen LogP contribution in [-0.2, 0) is 32.7 Å². The normalized spacial score (nSPS) is 15.2. The van der Waals surface area contributed by atoms with Gasteiger partial charge in [-0.15, -0.1) is 0 Å². The van der Waals surface area contributed by atoms with Crippen LogP contribution in [0.25, 0.3) is 0 Å². The molecule has 0 aromatic heterocycles. The molecular formula is C44H75O11P. The molecule has 0 heterocycles. The van der Waals surface area contributed by atoms with Gasteiger partial charge >= 0.3 is 19.8 Å². The Morgan fingerprint density at radius 1 is 0.625 bits per heavy atom. The second kappa shape index (κ2) is 39.2. The Morgan fingerprint density at radius 3 is 1.80 bits per heavy atom. The first-order valence-electron chi connectivity index (χ1n) is 21.0. The number of phosphoric ester groups is 1. The van der Waals surface area contributed by atoms with Crippen LogP contribution in [0.1, 0.15) is 149 Å². The third kappa shape index (κ3) is 38.3. The van der Waals surface area contributed by atoms with Gasteiger partial charge in [-0.2, -0.15) is 0 Å². The number of ether oxygens (including phenoxy) is 2. The highest BCUT2D eigenvalue weighted by molar-refractivity contribution is 7.47. The van der Waals surface area contributed by atoms with Gasteiger partial charge in [-0.3, -0.25) is 18.6 Å². The van der Waals surface area contributed by atoms with Gasteiger partial charge < -0.3 is 29.7 Å². The molecule has 0 saturated carbocycles. The fraction of sp³-hybridized carbons (Fsp3) is 0.682. The summed E-state index contributed by atoms with van der Waals surface area (Å²) in [6.45, 7) is 2.08. The third-order valence-corrected chi connectivity index (χ3v) is 9.42. The monoisotopic (exact) mass is 811 g/mol. The molecule has 4 atom stereocenters. The zero-order valence-electron chi connectivity index (χ0n) is 34.4. The average Bonchev–Trinajstić information content (AvgIpc) is 3.18. The Balaban J connectivity index is 4.52. The van der Waals surface area contributed by atoms with Gasteiger partial charge in [0.15, 0.2) is 6.10 Å². The summed E-state index contributed by atoms with van der Waals surface area (Å²) >= 11 is 0. The first-order valence-corrected chi connectivity index (χ1v) is 22.5. The number of allylic oxidation sites excluding steroid dienone is 10. The summed E-state index contributed by atoms with van der Waals surface area (Å²) < 4.78 is 32.5. The smallest absolute Gasteiger partial charge is 0.462 e. The minimum absolute atomic E-state index is 0.0339. The molecule has 0 bridgehead atoms. The van der Waals surface area contributed by atoms with Gasteiger partial charge in [0.05, 0.1) is 25.9 Å². The number of esters is 2. The summed E-state index contributed by atoms with van der Waals surface area (Å²) in [6.07, 6.45) is 40.5. The van der Waals surface area contributed by atoms with E-state index in [-0.39, 0.29) is 19.4 Å². The molecule has 0 aromatic carbocycles. The molecule has 56 heavy (non-hydrogen) atoms. The van der Waals surface area contributed by atoms with Crippen molar-refractivity contribution in [1.29, 1.82) is 0 Å². The fourth-order valence-electron chi connectivity index (χ4n) is 5.22. The first-order chi connectivity index (χ1) is 27.1. The molecule has 0 aliphatic heterocycles. The van der Waals surface area contributed by atoms with E-state index in [0.717, 1.165) is 38.5 Å². The van der Waals surface area contributed by atoms with Crippen molar-refractivity contribution in [2.45, 2.75) is 167 Å². The van der Waals surface area contributed by atoms with Crippen molar-refractivity contribution in [3.63, 3.8) is 0 Å². The second-order valence-electron chi connectivity index (χ2n) is 13.8. The van der Waals surface area contributed by atoms with E-state index in [1.165, 1.54) is 57.8 Å². The first kappa shape index (κ1) is 53.4. The largest absolute Gasteiger partial charge is 0.472 e. The quantitative estimate of drug-likeness (QED) is 0.0154. The standard InChI is InChI=1S/C44H75O11P/c1-3-5-7-9-11-12-13-14-15-19-22-26-30-34-43(48)52-38-42(39-54-56(50,51)53-37-41(47)36-45)55-44(49)35-31-27-23-20-17-16-18-21-25-29-33-40(46)32-28-24-10-8-6-4-2/h6,8,16-17,21,23-25,27-29,33,40-42,45-47H,3-5,7,9-15,18-20,22,26,30-32,34-39H2,1-2H3,(H,50,51)/b8-6-,17-16-,25-21-,27-23-,28-24-,33-29+/t40?,41-,42+/m0/s1. The summed E-state index contributed by atoms with van der Waals surface area (Å²) in [6, 6.07) is 0. The van der Waals surface area contributed by atoms with Crippen molar-refractivity contribution in [2.75, 3.05) is 26.4 Å². The van der Waals surface area contributed by atoms with Gasteiger partial charge in [-0.05, 0) is 44.9 Å². The zero-order chi connectivity index (χ0) is 41.4. The summed E-state index contributed by atoms with van der Waals surface area (Å²) in [7, 11) is -4.65. The molecule has 11 nitrogen and oxygen atoms in total. The van der Waals surface area contributed by atoms with E-state index in [9.17, 15) is 29.3 Å². The van der Waals surface area contributed by atoms with Crippen LogP contribution in [0.15, 0.2) is 72.9 Å². The lowest BCUT2D eigenvalue weighted by atomic mass is 10.0. The molecule has 12 heteroatoms. The minimum Gasteiger partial charge on any atom is -0.462 e. The average molecular weight is 811 g/mol. The number of phosphoric acid groups is 1. The van der Waals surface area contributed by atoms with Crippen LogP contribution in [-0.4, -0.2) is 76.9 Å². The lowest BCUT2D eigenvalue weighted by molar-refractivity contribution is -0.161. The molecule has 322 valence electrons. The lowest BCUT2D eigenvalue weighted by Crippen LogP contribution is -2.29. The predicted octanol–water partition coefficient (Wildman–Crippen LogP) is 9.86. The molecule has 2 unspecified atom stereocenters. The van der Waals surface area contributed by atoms with Gasteiger partial charge in [0.25, 0.3) is 0 Å². The van der Waals surface area contributed by atoms with Crippen LogP contribution < -0.4 is 0 Å². The van der Waals surface area contributed by atoms with Crippen LogP contribution in [0.3, 0.4) is 0 Å². The van der Waals surface area contributed by atoms with Crippen molar-refractivity contribution >= 4 is 19.8 Å². The van der Waals surface area contributed by atoms with E-state index in [1.807, 2.05) is 54.7 Å². The van der Waals surface area contributed by atoms with Crippen LogP contribution in [0, 0.1) is 0 Å². The maximum Gasteiger partial charge on any atom is 0.472 e. The summed E-state index contributed by atoms with van der Waals surface area (Å²) in [5.41, 5.74) is 0. The third-order valence-electron chi connectivity index (χ3n) is 8.47. The van der Waals surface area contributed by atoms with Crippen LogP contribution in [0.4, 0.5) is 0 Å². The maximum absolute atomic E-state index is 12.6. The van der Waals surface area contributed by atoms with Crippen molar-refractivity contribution < 1.29 is 52.9 Å². The van der Waals surface area contributed by atoms with Gasteiger partial charge in [0.2, 0.25) is 0 Å². The molecule has 0 aliphatic rings. The predicted molar refractivity (Wildman–Crippen MR) is 225 cm³/mol. The Morgan fingerprint density at radius 2 is 1.18 bits per heavy atom. The topological polar surface area (TPSA) is 169 Å². The molecule has 4 N–H and O–H groups in total. The summed E-state index contributed by atoms with van der Waals surface area (Å²) in [5, 5.41) is 28.3. The minimum atomic E-state index is -4.65. The maximum atomic E-state index is 12.6. The zero-order valence-corrected chi connectivity index (χ0v) is 35.3. The Labute approximate surface area is 338 Å². The van der Waals surface area contributed by atoms with E-state index in [1.54, 1.807) is 6.08 Å². The van der Waals surface area contributed by atoms with Gasteiger partial charge in [0, 0.05) is 12.8 Å².